The van der Waals surface area contributed by atoms with Crippen molar-refractivity contribution in [3.05, 3.63) is 59.7 Å². The van der Waals surface area contributed by atoms with Crippen molar-refractivity contribution in [3.8, 4) is 11.5 Å². The minimum atomic E-state index is 0.173. The Morgan fingerprint density at radius 3 is 2.00 bits per heavy atom. The highest BCUT2D eigenvalue weighted by molar-refractivity contribution is 5.31. The quantitative estimate of drug-likeness (QED) is 0.738. The Bertz CT molecular complexity index is 565. The molecule has 21 heavy (non-hydrogen) atoms. The lowest BCUT2D eigenvalue weighted by atomic mass is 9.87. The third kappa shape index (κ3) is 4.82. The number of hydrogen-bond acceptors (Lipinski definition) is 2. The number of rotatable bonds is 5. The molecule has 0 aromatic heterocycles. The van der Waals surface area contributed by atoms with Crippen LogP contribution in [-0.4, -0.2) is 13.2 Å². The standard InChI is InChI=1S/C19H24O2/c1-15-6-5-7-18(14-15)21-13-12-20-17-10-8-16(9-11-17)19(2,3)4/h5-11,14H,12-13H2,1-4H3. The van der Waals surface area contributed by atoms with Gasteiger partial charge in [0.1, 0.15) is 24.7 Å². The van der Waals surface area contributed by atoms with Crippen LogP contribution in [0.4, 0.5) is 0 Å². The maximum Gasteiger partial charge on any atom is 0.122 e. The van der Waals surface area contributed by atoms with E-state index in [9.17, 15) is 0 Å². The fourth-order valence-electron chi connectivity index (χ4n) is 2.08. The van der Waals surface area contributed by atoms with Crippen molar-refractivity contribution in [2.75, 3.05) is 13.2 Å². The molecular weight excluding hydrogens is 260 g/mol. The van der Waals surface area contributed by atoms with Crippen LogP contribution in [0.1, 0.15) is 31.9 Å². The summed E-state index contributed by atoms with van der Waals surface area (Å²) < 4.78 is 11.4. The molecular formula is C19H24O2. The second-order valence-corrected chi connectivity index (χ2v) is 6.29. The summed E-state index contributed by atoms with van der Waals surface area (Å²) in [7, 11) is 0. The summed E-state index contributed by atoms with van der Waals surface area (Å²) in [5, 5.41) is 0. The largest absolute Gasteiger partial charge is 0.490 e. The predicted molar refractivity (Wildman–Crippen MR) is 87.3 cm³/mol. The SMILES string of the molecule is Cc1cccc(OCCOc2ccc(C(C)(C)C)cc2)c1. The van der Waals surface area contributed by atoms with Crippen molar-refractivity contribution in [1.29, 1.82) is 0 Å². The second kappa shape index (κ2) is 6.66. The molecule has 0 spiro atoms. The highest BCUT2D eigenvalue weighted by atomic mass is 16.5. The first-order chi connectivity index (χ1) is 9.95. The fourth-order valence-corrected chi connectivity index (χ4v) is 2.08. The minimum absolute atomic E-state index is 0.173. The molecule has 0 radical (unpaired) electrons. The van der Waals surface area contributed by atoms with Crippen LogP contribution in [-0.2, 0) is 5.41 Å². The molecule has 0 N–H and O–H groups in total. The zero-order valence-corrected chi connectivity index (χ0v) is 13.3. The normalized spacial score (nSPS) is 11.2. The molecule has 0 heterocycles. The van der Waals surface area contributed by atoms with Gasteiger partial charge in [0.2, 0.25) is 0 Å². The third-order valence-electron chi connectivity index (χ3n) is 3.33. The molecule has 0 saturated heterocycles. The molecule has 2 aromatic carbocycles. The minimum Gasteiger partial charge on any atom is -0.490 e. The van der Waals surface area contributed by atoms with Gasteiger partial charge in [0, 0.05) is 0 Å². The Morgan fingerprint density at radius 1 is 0.810 bits per heavy atom. The van der Waals surface area contributed by atoms with Gasteiger partial charge in [0.05, 0.1) is 0 Å². The van der Waals surface area contributed by atoms with E-state index in [0.29, 0.717) is 13.2 Å². The van der Waals surface area contributed by atoms with Gasteiger partial charge in [-0.25, -0.2) is 0 Å². The first-order valence-corrected chi connectivity index (χ1v) is 7.38. The van der Waals surface area contributed by atoms with Crippen LogP contribution in [0.15, 0.2) is 48.5 Å². The van der Waals surface area contributed by atoms with E-state index >= 15 is 0 Å². The van der Waals surface area contributed by atoms with Crippen LogP contribution >= 0.6 is 0 Å². The number of aryl methyl sites for hydroxylation is 1. The molecule has 0 unspecified atom stereocenters. The average molecular weight is 284 g/mol. The predicted octanol–water partition coefficient (Wildman–Crippen LogP) is 4.75. The monoisotopic (exact) mass is 284 g/mol. The molecule has 2 rings (SSSR count). The van der Waals surface area contributed by atoms with Gasteiger partial charge in [-0.1, -0.05) is 45.0 Å². The summed E-state index contributed by atoms with van der Waals surface area (Å²) in [6, 6.07) is 16.3. The van der Waals surface area contributed by atoms with Gasteiger partial charge in [-0.2, -0.15) is 0 Å². The fraction of sp³-hybridized carbons (Fsp3) is 0.368. The zero-order valence-electron chi connectivity index (χ0n) is 13.3. The van der Waals surface area contributed by atoms with Gasteiger partial charge >= 0.3 is 0 Å². The van der Waals surface area contributed by atoms with Crippen LogP contribution in [0.25, 0.3) is 0 Å². The van der Waals surface area contributed by atoms with E-state index in [1.54, 1.807) is 0 Å². The van der Waals surface area contributed by atoms with Crippen LogP contribution in [0.2, 0.25) is 0 Å². The Morgan fingerprint density at radius 2 is 1.43 bits per heavy atom. The molecule has 0 fully saturated rings. The van der Waals surface area contributed by atoms with Crippen molar-refractivity contribution < 1.29 is 9.47 Å². The van der Waals surface area contributed by atoms with Gasteiger partial charge in [0.15, 0.2) is 0 Å². The van der Waals surface area contributed by atoms with E-state index in [-0.39, 0.29) is 5.41 Å². The summed E-state index contributed by atoms with van der Waals surface area (Å²) in [5.74, 6) is 1.78. The molecule has 112 valence electrons. The highest BCUT2D eigenvalue weighted by Crippen LogP contribution is 2.24. The number of benzene rings is 2. The maximum atomic E-state index is 5.70. The van der Waals surface area contributed by atoms with Crippen molar-refractivity contribution in [2.24, 2.45) is 0 Å². The average Bonchev–Trinajstić information content (AvgIpc) is 2.43. The summed E-state index contributed by atoms with van der Waals surface area (Å²) in [6.45, 7) is 9.77. The van der Waals surface area contributed by atoms with E-state index < -0.39 is 0 Å². The van der Waals surface area contributed by atoms with Gasteiger partial charge < -0.3 is 9.47 Å². The molecule has 0 saturated carbocycles. The Balaban J connectivity index is 1.79. The van der Waals surface area contributed by atoms with E-state index in [1.165, 1.54) is 11.1 Å². The topological polar surface area (TPSA) is 18.5 Å². The number of ether oxygens (including phenoxy) is 2. The van der Waals surface area contributed by atoms with Crippen molar-refractivity contribution in [3.63, 3.8) is 0 Å². The maximum absolute atomic E-state index is 5.70. The molecule has 2 heteroatoms. The van der Waals surface area contributed by atoms with Crippen LogP contribution in [0, 0.1) is 6.92 Å². The van der Waals surface area contributed by atoms with E-state index in [4.69, 9.17) is 9.47 Å². The lowest BCUT2D eigenvalue weighted by molar-refractivity contribution is 0.217. The van der Waals surface area contributed by atoms with Gasteiger partial charge in [-0.3, -0.25) is 0 Å². The van der Waals surface area contributed by atoms with Crippen molar-refractivity contribution >= 4 is 0 Å². The van der Waals surface area contributed by atoms with Gasteiger partial charge in [-0.15, -0.1) is 0 Å². The van der Waals surface area contributed by atoms with Gasteiger partial charge in [0.25, 0.3) is 0 Å². The molecule has 0 amide bonds. The first kappa shape index (κ1) is 15.4. The van der Waals surface area contributed by atoms with E-state index in [0.717, 1.165) is 11.5 Å². The molecule has 0 aliphatic rings. The Hall–Kier alpha value is -1.96. The summed E-state index contributed by atoms with van der Waals surface area (Å²) in [4.78, 5) is 0. The molecule has 0 aliphatic heterocycles. The molecule has 0 bridgehead atoms. The van der Waals surface area contributed by atoms with Crippen LogP contribution in [0.3, 0.4) is 0 Å². The van der Waals surface area contributed by atoms with Crippen molar-refractivity contribution in [1.82, 2.24) is 0 Å². The lowest BCUT2D eigenvalue weighted by Gasteiger charge is -2.19. The molecule has 0 aliphatic carbocycles. The first-order valence-electron chi connectivity index (χ1n) is 7.38. The Kier molecular flexibility index (Phi) is 4.89. The molecule has 2 nitrogen and oxygen atoms in total. The lowest BCUT2D eigenvalue weighted by Crippen LogP contribution is -2.11. The number of hydrogen-bond donors (Lipinski definition) is 0. The summed E-state index contributed by atoms with van der Waals surface area (Å²) >= 11 is 0. The highest BCUT2D eigenvalue weighted by Gasteiger charge is 2.12. The summed E-state index contributed by atoms with van der Waals surface area (Å²) in [6.07, 6.45) is 0. The van der Waals surface area contributed by atoms with Crippen LogP contribution < -0.4 is 9.47 Å². The third-order valence-corrected chi connectivity index (χ3v) is 3.33. The molecule has 2 aromatic rings. The van der Waals surface area contributed by atoms with Crippen LogP contribution in [0.5, 0.6) is 11.5 Å². The Labute approximate surface area is 127 Å². The second-order valence-electron chi connectivity index (χ2n) is 6.29. The van der Waals surface area contributed by atoms with E-state index in [1.807, 2.05) is 30.3 Å². The summed E-state index contributed by atoms with van der Waals surface area (Å²) in [5.41, 5.74) is 2.68. The van der Waals surface area contributed by atoms with Gasteiger partial charge in [-0.05, 0) is 47.7 Å². The zero-order chi connectivity index (χ0) is 15.3. The van der Waals surface area contributed by atoms with E-state index in [2.05, 4.69) is 45.9 Å². The van der Waals surface area contributed by atoms with Crippen molar-refractivity contribution in [2.45, 2.75) is 33.1 Å². The smallest absolute Gasteiger partial charge is 0.122 e. The molecule has 0 atom stereocenters.